The molecule has 0 fully saturated rings. The van der Waals surface area contributed by atoms with Gasteiger partial charge in [-0.15, -0.1) is 0 Å². The van der Waals surface area contributed by atoms with Crippen molar-refractivity contribution in [1.29, 1.82) is 0 Å². The summed E-state index contributed by atoms with van der Waals surface area (Å²) in [4.78, 5) is 4.67. The van der Waals surface area contributed by atoms with Crippen LogP contribution >= 0.6 is 0 Å². The van der Waals surface area contributed by atoms with Crippen LogP contribution in [0.1, 0.15) is 22.3 Å². The number of rotatable bonds is 4. The van der Waals surface area contributed by atoms with Gasteiger partial charge in [-0.05, 0) is 67.8 Å². The van der Waals surface area contributed by atoms with Crippen molar-refractivity contribution in [1.82, 2.24) is 4.98 Å². The molecule has 5 heteroatoms. The van der Waals surface area contributed by atoms with Crippen molar-refractivity contribution < 1.29 is 9.84 Å². The van der Waals surface area contributed by atoms with Gasteiger partial charge in [0.25, 0.3) is 0 Å². The number of benzene rings is 2. The number of anilines is 1. The number of hydrazone groups is 1. The lowest BCUT2D eigenvalue weighted by Gasteiger charge is -2.09. The van der Waals surface area contributed by atoms with E-state index in [2.05, 4.69) is 48.4 Å². The Hall–Kier alpha value is -3.08. The number of aryl methyl sites for hydroxylation is 3. The highest BCUT2D eigenvalue weighted by atomic mass is 16.5. The number of ether oxygens (including phenoxy) is 1. The predicted molar refractivity (Wildman–Crippen MR) is 102 cm³/mol. The van der Waals surface area contributed by atoms with E-state index >= 15 is 0 Å². The molecule has 0 unspecified atom stereocenters. The third-order valence-corrected chi connectivity index (χ3v) is 4.05. The monoisotopic (exact) mass is 335 g/mol. The van der Waals surface area contributed by atoms with E-state index in [0.717, 1.165) is 27.6 Å². The number of aromatic hydroxyl groups is 1. The van der Waals surface area contributed by atoms with E-state index in [4.69, 9.17) is 4.74 Å². The number of fused-ring (bicyclic) bond motifs is 1. The Morgan fingerprint density at radius 1 is 1.08 bits per heavy atom. The summed E-state index contributed by atoms with van der Waals surface area (Å²) < 4.78 is 5.09. The van der Waals surface area contributed by atoms with Crippen molar-refractivity contribution >= 4 is 22.9 Å². The molecule has 5 nitrogen and oxygen atoms in total. The maximum Gasteiger partial charge on any atom is 0.161 e. The summed E-state index contributed by atoms with van der Waals surface area (Å²) in [5.41, 5.74) is 8.30. The summed E-state index contributed by atoms with van der Waals surface area (Å²) in [7, 11) is 1.51. The van der Waals surface area contributed by atoms with Gasteiger partial charge >= 0.3 is 0 Å². The van der Waals surface area contributed by atoms with E-state index in [0.29, 0.717) is 11.6 Å². The van der Waals surface area contributed by atoms with E-state index in [1.165, 1.54) is 12.7 Å². The molecule has 0 saturated carbocycles. The van der Waals surface area contributed by atoms with Crippen LogP contribution in [0.2, 0.25) is 0 Å². The molecule has 2 N–H and O–H groups in total. The summed E-state index contributed by atoms with van der Waals surface area (Å²) in [5.74, 6) is 1.21. The third-order valence-electron chi connectivity index (χ3n) is 4.05. The van der Waals surface area contributed by atoms with Crippen molar-refractivity contribution in [2.24, 2.45) is 5.10 Å². The number of nitrogens with zero attached hydrogens (tertiary/aromatic N) is 2. The van der Waals surface area contributed by atoms with Crippen molar-refractivity contribution in [3.63, 3.8) is 0 Å². The molecule has 0 amide bonds. The highest BCUT2D eigenvalue weighted by Gasteiger charge is 2.06. The standard InChI is InChI=1S/C20H21N3O2/c1-12-7-14(3)20-16(8-12)13(2)9-19(22-20)23-21-11-15-5-6-17(24)18(10-15)25-4/h5-11,24H,1-4H3,(H,22,23)/b21-11+. The van der Waals surface area contributed by atoms with Crippen LogP contribution < -0.4 is 10.2 Å². The average molecular weight is 335 g/mol. The molecule has 0 atom stereocenters. The molecule has 0 saturated heterocycles. The average Bonchev–Trinajstić information content (AvgIpc) is 2.57. The molecule has 1 aromatic heterocycles. The Kier molecular flexibility index (Phi) is 4.57. The van der Waals surface area contributed by atoms with Gasteiger partial charge < -0.3 is 9.84 Å². The number of nitrogens with one attached hydrogen (secondary N) is 1. The Balaban J connectivity index is 1.86. The number of hydrogen-bond acceptors (Lipinski definition) is 5. The number of aromatic nitrogens is 1. The second-order valence-electron chi connectivity index (χ2n) is 6.10. The van der Waals surface area contributed by atoms with Crippen LogP contribution in [-0.2, 0) is 0 Å². The van der Waals surface area contributed by atoms with Crippen LogP contribution in [0.25, 0.3) is 10.9 Å². The summed E-state index contributed by atoms with van der Waals surface area (Å²) in [6.45, 7) is 6.23. The fourth-order valence-electron chi connectivity index (χ4n) is 2.85. The first-order chi connectivity index (χ1) is 12.0. The van der Waals surface area contributed by atoms with Gasteiger partial charge in [0, 0.05) is 5.39 Å². The third kappa shape index (κ3) is 3.55. The zero-order valence-electron chi connectivity index (χ0n) is 14.8. The van der Waals surface area contributed by atoms with Crippen molar-refractivity contribution in [2.45, 2.75) is 20.8 Å². The second-order valence-corrected chi connectivity index (χ2v) is 6.10. The minimum absolute atomic E-state index is 0.102. The molecule has 2 aromatic carbocycles. The number of phenolic OH excluding ortho intramolecular Hbond substituents is 1. The van der Waals surface area contributed by atoms with Gasteiger partial charge in [0.1, 0.15) is 5.82 Å². The highest BCUT2D eigenvalue weighted by molar-refractivity contribution is 5.87. The maximum absolute atomic E-state index is 9.62. The molecule has 3 aromatic rings. The first-order valence-corrected chi connectivity index (χ1v) is 8.02. The number of methoxy groups -OCH3 is 1. The summed E-state index contributed by atoms with van der Waals surface area (Å²) in [6, 6.07) is 11.3. The molecule has 0 aliphatic rings. The Morgan fingerprint density at radius 3 is 2.64 bits per heavy atom. The van der Waals surface area contributed by atoms with E-state index in [-0.39, 0.29) is 5.75 Å². The van der Waals surface area contributed by atoms with Crippen LogP contribution in [0, 0.1) is 20.8 Å². The molecule has 0 spiro atoms. The Labute approximate surface area is 147 Å². The minimum Gasteiger partial charge on any atom is -0.504 e. The zero-order chi connectivity index (χ0) is 18.0. The van der Waals surface area contributed by atoms with Crippen LogP contribution in [0.3, 0.4) is 0 Å². The maximum atomic E-state index is 9.62. The van der Waals surface area contributed by atoms with E-state index < -0.39 is 0 Å². The van der Waals surface area contributed by atoms with Gasteiger partial charge in [0.05, 0.1) is 18.8 Å². The van der Waals surface area contributed by atoms with Crippen molar-refractivity contribution in [3.05, 3.63) is 58.7 Å². The molecular formula is C20H21N3O2. The Morgan fingerprint density at radius 2 is 1.88 bits per heavy atom. The number of pyridine rings is 1. The van der Waals surface area contributed by atoms with Gasteiger partial charge in [-0.2, -0.15) is 5.10 Å². The lowest BCUT2D eigenvalue weighted by molar-refractivity contribution is 0.373. The zero-order valence-corrected chi connectivity index (χ0v) is 14.8. The van der Waals surface area contributed by atoms with E-state index in [1.807, 2.05) is 6.07 Å². The largest absolute Gasteiger partial charge is 0.504 e. The summed E-state index contributed by atoms with van der Waals surface area (Å²) in [5, 5.41) is 15.0. The molecule has 0 aliphatic carbocycles. The molecule has 128 valence electrons. The van der Waals surface area contributed by atoms with E-state index in [1.54, 1.807) is 24.4 Å². The van der Waals surface area contributed by atoms with Crippen LogP contribution in [-0.4, -0.2) is 23.4 Å². The predicted octanol–water partition coefficient (Wildman–Crippen LogP) is 4.32. The fraction of sp³-hybridized carbons (Fsp3) is 0.200. The van der Waals surface area contributed by atoms with Crippen LogP contribution in [0.15, 0.2) is 41.5 Å². The first-order valence-electron chi connectivity index (χ1n) is 8.02. The SMILES string of the molecule is COc1cc(/C=N/Nc2cc(C)c3cc(C)cc(C)c3n2)ccc1O. The highest BCUT2D eigenvalue weighted by Crippen LogP contribution is 2.26. The molecule has 25 heavy (non-hydrogen) atoms. The molecule has 0 bridgehead atoms. The van der Waals surface area contributed by atoms with Gasteiger partial charge in [-0.1, -0.05) is 11.6 Å². The smallest absolute Gasteiger partial charge is 0.161 e. The van der Waals surface area contributed by atoms with Gasteiger partial charge in [-0.3, -0.25) is 5.43 Å². The number of phenols is 1. The molecule has 1 heterocycles. The summed E-state index contributed by atoms with van der Waals surface area (Å²) >= 11 is 0. The lowest BCUT2D eigenvalue weighted by Crippen LogP contribution is -1.97. The minimum atomic E-state index is 0.102. The van der Waals surface area contributed by atoms with Crippen molar-refractivity contribution in [3.8, 4) is 11.5 Å². The topological polar surface area (TPSA) is 66.7 Å². The fourth-order valence-corrected chi connectivity index (χ4v) is 2.85. The first kappa shape index (κ1) is 16.8. The van der Waals surface area contributed by atoms with Gasteiger partial charge in [0.15, 0.2) is 11.5 Å². The quantitative estimate of drug-likeness (QED) is 0.550. The lowest BCUT2D eigenvalue weighted by atomic mass is 10.0. The van der Waals surface area contributed by atoms with Gasteiger partial charge in [-0.25, -0.2) is 4.98 Å². The number of hydrogen-bond donors (Lipinski definition) is 2. The normalized spacial score (nSPS) is 11.2. The summed E-state index contributed by atoms with van der Waals surface area (Å²) in [6.07, 6.45) is 1.66. The van der Waals surface area contributed by atoms with Crippen LogP contribution in [0.5, 0.6) is 11.5 Å². The van der Waals surface area contributed by atoms with E-state index in [9.17, 15) is 5.11 Å². The van der Waals surface area contributed by atoms with Gasteiger partial charge in [0.2, 0.25) is 0 Å². The van der Waals surface area contributed by atoms with Crippen LogP contribution in [0.4, 0.5) is 5.82 Å². The van der Waals surface area contributed by atoms with Crippen molar-refractivity contribution in [2.75, 3.05) is 12.5 Å². The molecule has 0 aliphatic heterocycles. The molecule has 0 radical (unpaired) electrons. The molecular weight excluding hydrogens is 314 g/mol. The Bertz CT molecular complexity index is 965. The molecule has 3 rings (SSSR count). The second kappa shape index (κ2) is 6.81.